The molecule has 1 aromatic heterocycles. The number of morpholine rings is 1. The third-order valence-corrected chi connectivity index (χ3v) is 6.78. The Hall–Kier alpha value is -2.46. The van der Waals surface area contributed by atoms with Crippen LogP contribution in [-0.2, 0) is 14.3 Å². The van der Waals surface area contributed by atoms with Crippen LogP contribution in [0.25, 0.3) is 0 Å². The average Bonchev–Trinajstić information content (AvgIpc) is 3.20. The van der Waals surface area contributed by atoms with E-state index < -0.39 is 6.04 Å². The molecular weight excluding hydrogens is 452 g/mol. The number of anilines is 2. The van der Waals surface area contributed by atoms with Gasteiger partial charge < -0.3 is 25.6 Å². The third kappa shape index (κ3) is 5.66. The largest absolute Gasteiger partial charge is 0.370 e. The normalized spacial score (nSPS) is 17.5. The molecule has 0 radical (unpaired) electrons. The first kappa shape index (κ1) is 22.7. The lowest BCUT2D eigenvalue weighted by atomic mass is 9.92. The van der Waals surface area contributed by atoms with E-state index in [1.54, 1.807) is 41.3 Å². The van der Waals surface area contributed by atoms with Crippen molar-refractivity contribution in [3.05, 3.63) is 45.6 Å². The van der Waals surface area contributed by atoms with Crippen molar-refractivity contribution in [3.8, 4) is 0 Å². The molecule has 1 saturated carbocycles. The van der Waals surface area contributed by atoms with Crippen molar-refractivity contribution < 1.29 is 19.1 Å². The monoisotopic (exact) mass is 476 g/mol. The van der Waals surface area contributed by atoms with Gasteiger partial charge in [0, 0.05) is 30.5 Å². The van der Waals surface area contributed by atoms with Crippen molar-refractivity contribution in [1.82, 2.24) is 10.6 Å². The minimum absolute atomic E-state index is 0.0798. The van der Waals surface area contributed by atoms with E-state index in [0.29, 0.717) is 28.1 Å². The number of ether oxygens (including phenoxy) is 1. The van der Waals surface area contributed by atoms with E-state index in [-0.39, 0.29) is 36.9 Å². The van der Waals surface area contributed by atoms with Gasteiger partial charge in [0.15, 0.2) is 0 Å². The van der Waals surface area contributed by atoms with Gasteiger partial charge in [0.1, 0.15) is 12.6 Å². The summed E-state index contributed by atoms with van der Waals surface area (Å²) in [5, 5.41) is 9.07. The van der Waals surface area contributed by atoms with Crippen LogP contribution in [0.3, 0.4) is 0 Å². The Kier molecular flexibility index (Phi) is 7.41. The van der Waals surface area contributed by atoms with Gasteiger partial charge in [-0.3, -0.25) is 14.4 Å². The highest BCUT2D eigenvalue weighted by molar-refractivity contribution is 7.18. The summed E-state index contributed by atoms with van der Waals surface area (Å²) >= 11 is 7.10. The van der Waals surface area contributed by atoms with Gasteiger partial charge in [-0.05, 0) is 49.2 Å². The van der Waals surface area contributed by atoms with Crippen LogP contribution >= 0.6 is 22.9 Å². The van der Waals surface area contributed by atoms with Crippen molar-refractivity contribution in [2.45, 2.75) is 31.3 Å². The molecule has 2 aliphatic rings. The van der Waals surface area contributed by atoms with Gasteiger partial charge in [0.2, 0.25) is 5.91 Å². The summed E-state index contributed by atoms with van der Waals surface area (Å²) in [7, 11) is 0. The number of carbonyl (C=O) groups excluding carboxylic acids is 3. The maximum Gasteiger partial charge on any atom is 0.261 e. The predicted octanol–water partition coefficient (Wildman–Crippen LogP) is 2.64. The molecule has 1 saturated heterocycles. The topological polar surface area (TPSA) is 99.8 Å². The highest BCUT2D eigenvalue weighted by atomic mass is 35.5. The summed E-state index contributed by atoms with van der Waals surface area (Å²) < 4.78 is 5.70. The van der Waals surface area contributed by atoms with Crippen LogP contribution in [0.1, 0.15) is 28.9 Å². The number of thiophene rings is 1. The summed E-state index contributed by atoms with van der Waals surface area (Å²) in [6.45, 7) is 1.25. The molecule has 1 aromatic carbocycles. The summed E-state index contributed by atoms with van der Waals surface area (Å²) in [4.78, 5) is 39.5. The third-order valence-electron chi connectivity index (χ3n) is 5.55. The first-order valence-corrected chi connectivity index (χ1v) is 11.8. The maximum absolute atomic E-state index is 13.0. The molecule has 1 aliphatic heterocycles. The number of amides is 3. The molecule has 3 N–H and O–H groups in total. The second-order valence-electron chi connectivity index (χ2n) is 7.79. The van der Waals surface area contributed by atoms with Crippen LogP contribution in [0, 0.1) is 0 Å². The summed E-state index contributed by atoms with van der Waals surface area (Å²) in [6.07, 6.45) is 3.16. The van der Waals surface area contributed by atoms with E-state index in [2.05, 4.69) is 16.0 Å². The lowest BCUT2D eigenvalue weighted by molar-refractivity contribution is -0.125. The van der Waals surface area contributed by atoms with Crippen molar-refractivity contribution in [1.29, 1.82) is 0 Å². The van der Waals surface area contributed by atoms with Gasteiger partial charge in [-0.25, -0.2) is 0 Å². The summed E-state index contributed by atoms with van der Waals surface area (Å²) in [5.41, 5.74) is 1.39. The standard InChI is InChI=1S/C22H25ClN4O4S/c23-19-9-8-18(32-19)22(30)24-12-17(25-14-2-1-3-14)21(29)26-15-4-6-16(7-5-15)27-10-11-31-13-20(27)28/h4-9,14,17,25H,1-3,10-13H2,(H,24,30)(H,26,29)/t17-/m1/s1. The van der Waals surface area contributed by atoms with Crippen LogP contribution in [-0.4, -0.2) is 56.1 Å². The Balaban J connectivity index is 1.37. The predicted molar refractivity (Wildman–Crippen MR) is 124 cm³/mol. The van der Waals surface area contributed by atoms with Crippen molar-refractivity contribution >= 4 is 52.0 Å². The molecule has 4 rings (SSSR count). The fraction of sp³-hybridized carbons (Fsp3) is 0.409. The Bertz CT molecular complexity index is 977. The van der Waals surface area contributed by atoms with E-state index in [1.165, 1.54) is 11.3 Å². The molecule has 2 fully saturated rings. The number of hydrogen-bond donors (Lipinski definition) is 3. The van der Waals surface area contributed by atoms with Crippen LogP contribution < -0.4 is 20.9 Å². The second kappa shape index (κ2) is 10.4. The highest BCUT2D eigenvalue weighted by Crippen LogP contribution is 2.22. The SMILES string of the molecule is O=C(NC[C@@H](NC1CCC1)C(=O)Nc1ccc(N2CCOCC2=O)cc1)c1ccc(Cl)s1. The molecule has 170 valence electrons. The van der Waals surface area contributed by atoms with Crippen LogP contribution in [0.15, 0.2) is 36.4 Å². The molecule has 1 aliphatic carbocycles. The fourth-order valence-electron chi connectivity index (χ4n) is 3.55. The molecule has 3 amide bonds. The zero-order valence-corrected chi connectivity index (χ0v) is 19.0. The minimum atomic E-state index is -0.569. The van der Waals surface area contributed by atoms with E-state index in [4.69, 9.17) is 16.3 Å². The molecule has 32 heavy (non-hydrogen) atoms. The number of hydrogen-bond acceptors (Lipinski definition) is 6. The number of nitrogens with one attached hydrogen (secondary N) is 3. The molecule has 8 nitrogen and oxygen atoms in total. The van der Waals surface area contributed by atoms with E-state index in [0.717, 1.165) is 24.9 Å². The van der Waals surface area contributed by atoms with Crippen molar-refractivity contribution in [3.63, 3.8) is 0 Å². The summed E-state index contributed by atoms with van der Waals surface area (Å²) in [6, 6.07) is 10.2. The molecular formula is C22H25ClN4O4S. The van der Waals surface area contributed by atoms with Gasteiger partial charge >= 0.3 is 0 Å². The molecule has 0 unspecified atom stereocenters. The van der Waals surface area contributed by atoms with Gasteiger partial charge in [-0.15, -0.1) is 11.3 Å². The Morgan fingerprint density at radius 3 is 2.59 bits per heavy atom. The van der Waals surface area contributed by atoms with Crippen molar-refractivity contribution in [2.75, 3.05) is 36.5 Å². The summed E-state index contributed by atoms with van der Waals surface area (Å²) in [5.74, 6) is -0.563. The second-order valence-corrected chi connectivity index (χ2v) is 9.51. The van der Waals surface area contributed by atoms with Gasteiger partial charge in [0.25, 0.3) is 11.8 Å². The average molecular weight is 477 g/mol. The first-order chi connectivity index (χ1) is 15.5. The number of halogens is 1. The number of nitrogens with zero attached hydrogens (tertiary/aromatic N) is 1. The lowest BCUT2D eigenvalue weighted by Crippen LogP contribution is -2.53. The number of benzene rings is 1. The zero-order valence-electron chi connectivity index (χ0n) is 17.4. The van der Waals surface area contributed by atoms with E-state index in [9.17, 15) is 14.4 Å². The van der Waals surface area contributed by atoms with Crippen molar-refractivity contribution in [2.24, 2.45) is 0 Å². The molecule has 2 aromatic rings. The van der Waals surface area contributed by atoms with Crippen LogP contribution in [0.4, 0.5) is 11.4 Å². The Morgan fingerprint density at radius 1 is 1.19 bits per heavy atom. The maximum atomic E-state index is 13.0. The van der Waals surface area contributed by atoms with Crippen LogP contribution in [0.5, 0.6) is 0 Å². The molecule has 10 heteroatoms. The van der Waals surface area contributed by atoms with Crippen LogP contribution in [0.2, 0.25) is 4.34 Å². The number of carbonyl (C=O) groups is 3. The van der Waals surface area contributed by atoms with E-state index in [1.807, 2.05) is 0 Å². The molecule has 0 bridgehead atoms. The number of rotatable bonds is 8. The minimum Gasteiger partial charge on any atom is -0.370 e. The van der Waals surface area contributed by atoms with Gasteiger partial charge in [-0.2, -0.15) is 0 Å². The smallest absolute Gasteiger partial charge is 0.261 e. The highest BCUT2D eigenvalue weighted by Gasteiger charge is 2.27. The molecule has 1 atom stereocenters. The first-order valence-electron chi connectivity index (χ1n) is 10.6. The quantitative estimate of drug-likeness (QED) is 0.544. The van der Waals surface area contributed by atoms with E-state index >= 15 is 0 Å². The molecule has 0 spiro atoms. The Morgan fingerprint density at radius 2 is 1.97 bits per heavy atom. The fourth-order valence-corrected chi connectivity index (χ4v) is 4.51. The van der Waals surface area contributed by atoms with Gasteiger partial charge in [0.05, 0.1) is 15.8 Å². The molecule has 2 heterocycles. The zero-order chi connectivity index (χ0) is 22.5. The van der Waals surface area contributed by atoms with Gasteiger partial charge in [-0.1, -0.05) is 18.0 Å². The Labute approximate surface area is 195 Å². The lowest BCUT2D eigenvalue weighted by Gasteiger charge is -2.31.